The Bertz CT molecular complexity index is 388. The second-order valence-corrected chi connectivity index (χ2v) is 4.88. The fourth-order valence-corrected chi connectivity index (χ4v) is 2.86. The standard InChI is InChI=1S/C14H18O3/c15-13(16)10-14(17)9-5-4-8-12(14)11-6-2-1-3-7-11/h1-3,6-7,12,17H,4-5,8-10H2,(H,15,16)/t12-,14+/m0/s1. The van der Waals surface area contributed by atoms with Gasteiger partial charge < -0.3 is 10.2 Å². The van der Waals surface area contributed by atoms with Crippen LogP contribution >= 0.6 is 0 Å². The third-order valence-corrected chi connectivity index (χ3v) is 3.66. The first-order chi connectivity index (χ1) is 8.12. The molecule has 0 saturated heterocycles. The van der Waals surface area contributed by atoms with Crippen molar-refractivity contribution in [1.29, 1.82) is 0 Å². The van der Waals surface area contributed by atoms with Crippen molar-refractivity contribution in [2.24, 2.45) is 0 Å². The highest BCUT2D eigenvalue weighted by Crippen LogP contribution is 2.42. The molecule has 0 heterocycles. The minimum atomic E-state index is -1.08. The predicted octanol–water partition coefficient (Wildman–Crippen LogP) is 2.55. The average Bonchev–Trinajstić information content (AvgIpc) is 2.29. The quantitative estimate of drug-likeness (QED) is 0.845. The molecule has 92 valence electrons. The van der Waals surface area contributed by atoms with Gasteiger partial charge >= 0.3 is 5.97 Å². The second-order valence-electron chi connectivity index (χ2n) is 4.88. The molecular weight excluding hydrogens is 216 g/mol. The van der Waals surface area contributed by atoms with E-state index in [1.54, 1.807) is 0 Å². The smallest absolute Gasteiger partial charge is 0.306 e. The normalized spacial score (nSPS) is 28.9. The first-order valence-electron chi connectivity index (χ1n) is 6.11. The molecule has 0 aliphatic heterocycles. The molecule has 3 heteroatoms. The second kappa shape index (κ2) is 4.88. The maximum absolute atomic E-state index is 10.9. The van der Waals surface area contributed by atoms with Crippen LogP contribution in [0, 0.1) is 0 Å². The van der Waals surface area contributed by atoms with Crippen molar-refractivity contribution in [1.82, 2.24) is 0 Å². The van der Waals surface area contributed by atoms with Crippen molar-refractivity contribution in [3.05, 3.63) is 35.9 Å². The van der Waals surface area contributed by atoms with Crippen molar-refractivity contribution >= 4 is 5.97 Å². The van der Waals surface area contributed by atoms with E-state index in [0.717, 1.165) is 24.8 Å². The van der Waals surface area contributed by atoms with Crippen molar-refractivity contribution in [2.45, 2.75) is 43.6 Å². The Kier molecular flexibility index (Phi) is 3.48. The molecule has 0 radical (unpaired) electrons. The molecule has 2 atom stereocenters. The van der Waals surface area contributed by atoms with Crippen molar-refractivity contribution in [3.8, 4) is 0 Å². The molecule has 0 bridgehead atoms. The number of hydrogen-bond donors (Lipinski definition) is 2. The van der Waals surface area contributed by atoms with Crippen LogP contribution in [0.5, 0.6) is 0 Å². The summed E-state index contributed by atoms with van der Waals surface area (Å²) in [6.45, 7) is 0. The zero-order valence-corrected chi connectivity index (χ0v) is 9.80. The molecule has 0 amide bonds. The van der Waals surface area contributed by atoms with Gasteiger partial charge in [-0.2, -0.15) is 0 Å². The monoisotopic (exact) mass is 234 g/mol. The Labute approximate surface area is 101 Å². The van der Waals surface area contributed by atoms with Crippen LogP contribution in [-0.4, -0.2) is 21.8 Å². The first kappa shape index (κ1) is 12.1. The Morgan fingerprint density at radius 3 is 2.65 bits per heavy atom. The Hall–Kier alpha value is -1.35. The molecule has 0 unspecified atom stereocenters. The van der Waals surface area contributed by atoms with Gasteiger partial charge in [-0.05, 0) is 18.4 Å². The zero-order valence-electron chi connectivity index (χ0n) is 9.80. The number of hydrogen-bond acceptors (Lipinski definition) is 2. The summed E-state index contributed by atoms with van der Waals surface area (Å²) >= 11 is 0. The lowest BCUT2D eigenvalue weighted by Gasteiger charge is -2.39. The van der Waals surface area contributed by atoms with E-state index in [2.05, 4.69) is 0 Å². The molecule has 0 spiro atoms. The van der Waals surface area contributed by atoms with Gasteiger partial charge in [-0.1, -0.05) is 43.2 Å². The zero-order chi connectivity index (χ0) is 12.3. The molecule has 1 fully saturated rings. The third-order valence-electron chi connectivity index (χ3n) is 3.66. The van der Waals surface area contributed by atoms with Gasteiger partial charge in [0.25, 0.3) is 0 Å². The Morgan fingerprint density at radius 1 is 1.29 bits per heavy atom. The number of carboxylic acid groups (broad SMARTS) is 1. The molecule has 1 saturated carbocycles. The van der Waals surface area contributed by atoms with Crippen LogP contribution in [-0.2, 0) is 4.79 Å². The average molecular weight is 234 g/mol. The van der Waals surface area contributed by atoms with E-state index in [0.29, 0.717) is 6.42 Å². The predicted molar refractivity (Wildman–Crippen MR) is 64.9 cm³/mol. The maximum Gasteiger partial charge on any atom is 0.306 e. The van der Waals surface area contributed by atoms with Gasteiger partial charge in [0, 0.05) is 5.92 Å². The lowest BCUT2D eigenvalue weighted by atomic mass is 9.70. The molecule has 1 aliphatic carbocycles. The van der Waals surface area contributed by atoms with E-state index >= 15 is 0 Å². The van der Waals surface area contributed by atoms with Gasteiger partial charge in [0.15, 0.2) is 0 Å². The van der Waals surface area contributed by atoms with E-state index in [-0.39, 0.29) is 12.3 Å². The fourth-order valence-electron chi connectivity index (χ4n) is 2.86. The molecule has 1 aliphatic rings. The van der Waals surface area contributed by atoms with Gasteiger partial charge in [-0.15, -0.1) is 0 Å². The van der Waals surface area contributed by atoms with Crippen LogP contribution in [0.1, 0.15) is 43.6 Å². The van der Waals surface area contributed by atoms with Crippen molar-refractivity contribution < 1.29 is 15.0 Å². The van der Waals surface area contributed by atoms with Gasteiger partial charge in [0.05, 0.1) is 12.0 Å². The number of aliphatic hydroxyl groups is 1. The molecule has 1 aromatic carbocycles. The number of carboxylic acids is 1. The topological polar surface area (TPSA) is 57.5 Å². The number of rotatable bonds is 3. The van der Waals surface area contributed by atoms with Crippen molar-refractivity contribution in [3.63, 3.8) is 0 Å². The highest BCUT2D eigenvalue weighted by atomic mass is 16.4. The number of benzene rings is 1. The highest BCUT2D eigenvalue weighted by molar-refractivity contribution is 5.68. The summed E-state index contributed by atoms with van der Waals surface area (Å²) < 4.78 is 0. The number of carbonyl (C=O) groups is 1. The van der Waals surface area contributed by atoms with Gasteiger partial charge in [-0.3, -0.25) is 4.79 Å². The van der Waals surface area contributed by atoms with Crippen LogP contribution in [0.15, 0.2) is 30.3 Å². The van der Waals surface area contributed by atoms with Crippen LogP contribution in [0.3, 0.4) is 0 Å². The summed E-state index contributed by atoms with van der Waals surface area (Å²) in [5, 5.41) is 19.5. The summed E-state index contributed by atoms with van der Waals surface area (Å²) in [5.74, 6) is -0.969. The Morgan fingerprint density at radius 2 is 2.00 bits per heavy atom. The minimum absolute atomic E-state index is 0.0476. The van der Waals surface area contributed by atoms with E-state index in [1.807, 2.05) is 30.3 Å². The van der Waals surface area contributed by atoms with E-state index in [9.17, 15) is 9.90 Å². The fraction of sp³-hybridized carbons (Fsp3) is 0.500. The summed E-state index contributed by atoms with van der Waals surface area (Å²) in [6, 6.07) is 9.75. The van der Waals surface area contributed by atoms with Gasteiger partial charge in [-0.25, -0.2) is 0 Å². The highest BCUT2D eigenvalue weighted by Gasteiger charge is 2.41. The lowest BCUT2D eigenvalue weighted by Crippen LogP contribution is -2.41. The maximum atomic E-state index is 10.9. The molecule has 2 rings (SSSR count). The lowest BCUT2D eigenvalue weighted by molar-refractivity contribution is -0.145. The largest absolute Gasteiger partial charge is 0.481 e. The van der Waals surface area contributed by atoms with E-state index in [4.69, 9.17) is 5.11 Å². The summed E-state index contributed by atoms with van der Waals surface area (Å²) in [4.78, 5) is 10.9. The summed E-state index contributed by atoms with van der Waals surface area (Å²) in [6.07, 6.45) is 3.26. The molecule has 2 N–H and O–H groups in total. The Balaban J connectivity index is 2.26. The van der Waals surface area contributed by atoms with Crippen LogP contribution in [0.25, 0.3) is 0 Å². The van der Waals surface area contributed by atoms with Crippen LogP contribution in [0.2, 0.25) is 0 Å². The van der Waals surface area contributed by atoms with Crippen molar-refractivity contribution in [2.75, 3.05) is 0 Å². The third kappa shape index (κ3) is 2.67. The molecule has 3 nitrogen and oxygen atoms in total. The summed E-state index contributed by atoms with van der Waals surface area (Å²) in [5.41, 5.74) is -0.0261. The minimum Gasteiger partial charge on any atom is -0.481 e. The molecular formula is C14H18O3. The van der Waals surface area contributed by atoms with Gasteiger partial charge in [0.1, 0.15) is 0 Å². The van der Waals surface area contributed by atoms with Crippen LogP contribution < -0.4 is 0 Å². The SMILES string of the molecule is O=C(O)C[C@]1(O)CCCC[C@H]1c1ccccc1. The van der Waals surface area contributed by atoms with Gasteiger partial charge in [0.2, 0.25) is 0 Å². The first-order valence-corrected chi connectivity index (χ1v) is 6.11. The molecule has 1 aromatic rings. The molecule has 17 heavy (non-hydrogen) atoms. The van der Waals surface area contributed by atoms with E-state index in [1.165, 1.54) is 0 Å². The van der Waals surface area contributed by atoms with Crippen LogP contribution in [0.4, 0.5) is 0 Å². The van der Waals surface area contributed by atoms with E-state index < -0.39 is 11.6 Å². The number of aliphatic carboxylic acids is 1. The molecule has 0 aromatic heterocycles. The summed E-state index contributed by atoms with van der Waals surface area (Å²) in [7, 11) is 0.